The summed E-state index contributed by atoms with van der Waals surface area (Å²) in [7, 11) is 0. The molecule has 2 aromatic carbocycles. The van der Waals surface area contributed by atoms with Crippen LogP contribution in [0.15, 0.2) is 48.5 Å². The second kappa shape index (κ2) is 8.31. The number of ether oxygens (including phenoxy) is 1. The van der Waals surface area contributed by atoms with E-state index in [1.54, 1.807) is 6.07 Å². The molecule has 1 spiro atoms. The zero-order chi connectivity index (χ0) is 19.4. The number of piperidine rings is 2. The lowest BCUT2D eigenvalue weighted by Gasteiger charge is -2.42. The van der Waals surface area contributed by atoms with Gasteiger partial charge in [0.2, 0.25) is 5.91 Å². The van der Waals surface area contributed by atoms with Crippen molar-refractivity contribution in [3.63, 3.8) is 0 Å². The molecule has 1 amide bonds. The monoisotopic (exact) mass is 382 g/mol. The average Bonchev–Trinajstić information content (AvgIpc) is 2.72. The van der Waals surface area contributed by atoms with E-state index in [1.807, 2.05) is 18.2 Å². The lowest BCUT2D eigenvalue weighted by Crippen LogP contribution is -2.51. The molecule has 0 unspecified atom stereocenters. The highest BCUT2D eigenvalue weighted by Gasteiger charge is 2.42. The van der Waals surface area contributed by atoms with E-state index in [1.165, 1.54) is 17.7 Å². The van der Waals surface area contributed by atoms with Gasteiger partial charge in [-0.2, -0.15) is 0 Å². The smallest absolute Gasteiger partial charge is 0.226 e. The predicted octanol–water partition coefficient (Wildman–Crippen LogP) is 3.90. The van der Waals surface area contributed by atoms with E-state index < -0.39 is 0 Å². The van der Waals surface area contributed by atoms with Crippen LogP contribution < -0.4 is 10.1 Å². The fraction of sp³-hybridized carbons (Fsp3) is 0.435. The molecule has 2 aromatic rings. The first-order chi connectivity index (χ1) is 13.6. The van der Waals surface area contributed by atoms with Crippen molar-refractivity contribution < 1.29 is 13.9 Å². The molecule has 1 N–H and O–H groups in total. The van der Waals surface area contributed by atoms with Gasteiger partial charge in [-0.05, 0) is 74.2 Å². The van der Waals surface area contributed by atoms with E-state index in [0.29, 0.717) is 6.61 Å². The van der Waals surface area contributed by atoms with Gasteiger partial charge in [0.25, 0.3) is 0 Å². The van der Waals surface area contributed by atoms with Crippen molar-refractivity contribution >= 4 is 5.91 Å². The third-order valence-corrected chi connectivity index (χ3v) is 6.04. The number of carbonyl (C=O) groups excluding carboxylic acids is 1. The van der Waals surface area contributed by atoms with Crippen molar-refractivity contribution in [2.45, 2.75) is 38.8 Å². The molecule has 0 bridgehead atoms. The topological polar surface area (TPSA) is 41.6 Å². The molecule has 2 fully saturated rings. The second-order valence-corrected chi connectivity index (χ2v) is 7.98. The molecule has 4 rings (SSSR count). The van der Waals surface area contributed by atoms with E-state index in [0.717, 1.165) is 63.2 Å². The van der Waals surface area contributed by atoms with E-state index in [9.17, 15) is 9.18 Å². The maximum atomic E-state index is 13.2. The number of likely N-dealkylation sites (tertiary alicyclic amines) is 1. The van der Waals surface area contributed by atoms with Crippen molar-refractivity contribution in [1.29, 1.82) is 0 Å². The molecule has 0 atom stereocenters. The van der Waals surface area contributed by atoms with Crippen LogP contribution in [-0.2, 0) is 17.9 Å². The lowest BCUT2D eigenvalue weighted by molar-refractivity contribution is -0.136. The number of nitrogens with zero attached hydrogens (tertiary/aromatic N) is 1. The molecule has 0 aromatic heterocycles. The Bertz CT molecular complexity index is 814. The number of halogens is 1. The van der Waals surface area contributed by atoms with Crippen molar-refractivity contribution in [2.75, 3.05) is 19.6 Å². The van der Waals surface area contributed by atoms with Gasteiger partial charge in [-0.1, -0.05) is 24.3 Å². The number of nitrogens with one attached hydrogen (secondary N) is 1. The summed E-state index contributed by atoms with van der Waals surface area (Å²) in [5.41, 5.74) is 1.93. The van der Waals surface area contributed by atoms with Gasteiger partial charge in [-0.3, -0.25) is 9.69 Å². The summed E-state index contributed by atoms with van der Waals surface area (Å²) >= 11 is 0. The molecule has 2 saturated heterocycles. The molecular weight excluding hydrogens is 355 g/mol. The van der Waals surface area contributed by atoms with Gasteiger partial charge in [-0.15, -0.1) is 0 Å². The van der Waals surface area contributed by atoms with Crippen LogP contribution in [0.4, 0.5) is 4.39 Å². The van der Waals surface area contributed by atoms with Crippen LogP contribution in [0.3, 0.4) is 0 Å². The second-order valence-electron chi connectivity index (χ2n) is 7.98. The van der Waals surface area contributed by atoms with E-state index in [-0.39, 0.29) is 17.1 Å². The van der Waals surface area contributed by atoms with Gasteiger partial charge >= 0.3 is 0 Å². The average molecular weight is 382 g/mol. The first kappa shape index (κ1) is 18.9. The highest BCUT2D eigenvalue weighted by Crippen LogP contribution is 2.38. The Labute approximate surface area is 165 Å². The summed E-state index contributed by atoms with van der Waals surface area (Å²) in [5, 5.41) is 3.05. The van der Waals surface area contributed by atoms with Crippen LogP contribution in [0.25, 0.3) is 0 Å². The van der Waals surface area contributed by atoms with Gasteiger partial charge in [0.1, 0.15) is 18.2 Å². The van der Waals surface area contributed by atoms with Crippen LogP contribution in [0.5, 0.6) is 5.75 Å². The molecule has 2 aliphatic rings. The normalized spacial score (nSPS) is 19.4. The summed E-state index contributed by atoms with van der Waals surface area (Å²) < 4.78 is 19.0. The molecule has 0 aliphatic carbocycles. The molecule has 148 valence electrons. The highest BCUT2D eigenvalue weighted by atomic mass is 19.1. The van der Waals surface area contributed by atoms with Gasteiger partial charge in [0, 0.05) is 13.1 Å². The van der Waals surface area contributed by atoms with E-state index in [2.05, 4.69) is 22.3 Å². The molecule has 0 saturated carbocycles. The van der Waals surface area contributed by atoms with Crippen molar-refractivity contribution in [1.82, 2.24) is 10.2 Å². The quantitative estimate of drug-likeness (QED) is 0.853. The molecule has 28 heavy (non-hydrogen) atoms. The molecule has 2 aliphatic heterocycles. The Morgan fingerprint density at radius 2 is 1.82 bits per heavy atom. The summed E-state index contributed by atoms with van der Waals surface area (Å²) in [6.45, 7) is 4.00. The minimum Gasteiger partial charge on any atom is -0.489 e. The van der Waals surface area contributed by atoms with Gasteiger partial charge in [0.05, 0.1) is 5.41 Å². The van der Waals surface area contributed by atoms with E-state index >= 15 is 0 Å². The predicted molar refractivity (Wildman–Crippen MR) is 106 cm³/mol. The Morgan fingerprint density at radius 3 is 2.54 bits per heavy atom. The summed E-state index contributed by atoms with van der Waals surface area (Å²) in [5.74, 6) is 0.799. The number of benzene rings is 2. The molecule has 2 heterocycles. The van der Waals surface area contributed by atoms with Crippen molar-refractivity contribution in [2.24, 2.45) is 5.41 Å². The van der Waals surface area contributed by atoms with Crippen molar-refractivity contribution in [3.8, 4) is 5.75 Å². The van der Waals surface area contributed by atoms with Crippen LogP contribution in [-0.4, -0.2) is 30.4 Å². The maximum absolute atomic E-state index is 13.2. The van der Waals surface area contributed by atoms with Crippen LogP contribution >= 0.6 is 0 Å². The summed E-state index contributed by atoms with van der Waals surface area (Å²) in [6, 6.07) is 14.6. The fourth-order valence-corrected chi connectivity index (χ4v) is 4.29. The minimum absolute atomic E-state index is 0.122. The minimum atomic E-state index is -0.245. The number of rotatable bonds is 5. The first-order valence-corrected chi connectivity index (χ1v) is 10.1. The molecule has 5 heteroatoms. The summed E-state index contributed by atoms with van der Waals surface area (Å²) in [6.07, 6.45) is 4.04. The van der Waals surface area contributed by atoms with Crippen LogP contribution in [0, 0.1) is 11.2 Å². The van der Waals surface area contributed by atoms with Gasteiger partial charge < -0.3 is 10.1 Å². The van der Waals surface area contributed by atoms with Crippen molar-refractivity contribution in [3.05, 3.63) is 65.5 Å². The SMILES string of the molecule is O=C1NCCCC12CCN(Cc1ccc(OCc3cccc(F)c3)cc1)CC2. The zero-order valence-electron chi connectivity index (χ0n) is 16.1. The molecule has 4 nitrogen and oxygen atoms in total. The Hall–Kier alpha value is -2.40. The first-order valence-electron chi connectivity index (χ1n) is 10.1. The lowest BCUT2D eigenvalue weighted by atomic mass is 9.72. The largest absolute Gasteiger partial charge is 0.489 e. The third kappa shape index (κ3) is 4.36. The van der Waals surface area contributed by atoms with Gasteiger partial charge in [0.15, 0.2) is 0 Å². The zero-order valence-corrected chi connectivity index (χ0v) is 16.1. The Morgan fingerprint density at radius 1 is 1.04 bits per heavy atom. The number of carbonyl (C=O) groups is 1. The van der Waals surface area contributed by atoms with Gasteiger partial charge in [-0.25, -0.2) is 4.39 Å². The highest BCUT2D eigenvalue weighted by molar-refractivity contribution is 5.83. The molecule has 0 radical (unpaired) electrons. The summed E-state index contributed by atoms with van der Waals surface area (Å²) in [4.78, 5) is 14.7. The standard InChI is InChI=1S/C23H27FN2O2/c24-20-4-1-3-19(15-20)17-28-21-7-5-18(6-8-21)16-26-13-10-23(11-14-26)9-2-12-25-22(23)27/h1,3-8,15H,2,9-14,16-17H2,(H,25,27). The van der Waals surface area contributed by atoms with Crippen LogP contribution in [0.1, 0.15) is 36.8 Å². The molecular formula is C23H27FN2O2. The number of hydrogen-bond donors (Lipinski definition) is 1. The number of amides is 1. The Balaban J connectivity index is 1.27. The Kier molecular flexibility index (Phi) is 5.62. The number of hydrogen-bond acceptors (Lipinski definition) is 3. The van der Waals surface area contributed by atoms with E-state index in [4.69, 9.17) is 4.74 Å². The van der Waals surface area contributed by atoms with Crippen LogP contribution in [0.2, 0.25) is 0 Å². The fourth-order valence-electron chi connectivity index (χ4n) is 4.29. The maximum Gasteiger partial charge on any atom is 0.226 e. The third-order valence-electron chi connectivity index (χ3n) is 6.04.